The van der Waals surface area contributed by atoms with Gasteiger partial charge in [-0.25, -0.2) is 9.97 Å². The summed E-state index contributed by atoms with van der Waals surface area (Å²) < 4.78 is 0. The number of hydrogen-bond acceptors (Lipinski definition) is 4. The lowest BCUT2D eigenvalue weighted by Crippen LogP contribution is -2.28. The lowest BCUT2D eigenvalue weighted by molar-refractivity contribution is 0.102. The fraction of sp³-hybridized carbons (Fsp3) is 0.353. The Balaban J connectivity index is 1.82. The number of aromatic nitrogens is 2. The molecule has 1 N–H and O–H groups in total. The van der Waals surface area contributed by atoms with Crippen molar-refractivity contribution in [2.75, 3.05) is 23.3 Å². The Morgan fingerprint density at radius 3 is 2.45 bits per heavy atom. The van der Waals surface area contributed by atoms with Gasteiger partial charge in [-0.3, -0.25) is 4.79 Å². The zero-order valence-electron chi connectivity index (χ0n) is 12.5. The van der Waals surface area contributed by atoms with E-state index in [1.54, 1.807) is 24.5 Å². The largest absolute Gasteiger partial charge is 0.356 e. The van der Waals surface area contributed by atoms with Crippen LogP contribution in [0.3, 0.4) is 0 Å². The van der Waals surface area contributed by atoms with Crippen molar-refractivity contribution in [2.24, 2.45) is 0 Å². The molecule has 0 atom stereocenters. The predicted molar refractivity (Wildman–Crippen MR) is 87.1 cm³/mol. The molecule has 0 bridgehead atoms. The smallest absolute Gasteiger partial charge is 0.260 e. The molecule has 0 aliphatic carbocycles. The summed E-state index contributed by atoms with van der Waals surface area (Å²) in [5, 5.41) is 2.84. The number of anilines is 2. The zero-order valence-corrected chi connectivity index (χ0v) is 12.5. The van der Waals surface area contributed by atoms with E-state index in [-0.39, 0.29) is 5.91 Å². The number of carbonyl (C=O) groups excluding carboxylic acids is 1. The summed E-state index contributed by atoms with van der Waals surface area (Å²) in [6, 6.07) is 9.07. The van der Waals surface area contributed by atoms with E-state index in [4.69, 9.17) is 0 Å². The number of amides is 1. The van der Waals surface area contributed by atoms with Gasteiger partial charge in [-0.2, -0.15) is 0 Å². The van der Waals surface area contributed by atoms with Crippen molar-refractivity contribution in [3.05, 3.63) is 48.3 Å². The monoisotopic (exact) mass is 296 g/mol. The molecule has 2 aromatic heterocycles. The summed E-state index contributed by atoms with van der Waals surface area (Å²) in [6.45, 7) is 1.92. The number of nitrogens with one attached hydrogen (secondary N) is 1. The molecular weight excluding hydrogens is 276 g/mol. The van der Waals surface area contributed by atoms with Crippen LogP contribution in [-0.2, 0) is 0 Å². The number of rotatable bonds is 3. The van der Waals surface area contributed by atoms with Crippen LogP contribution in [0.5, 0.6) is 0 Å². The van der Waals surface area contributed by atoms with Crippen LogP contribution in [0.25, 0.3) is 0 Å². The van der Waals surface area contributed by atoms with Gasteiger partial charge in [0.1, 0.15) is 11.6 Å². The highest BCUT2D eigenvalue weighted by Gasteiger charge is 2.19. The van der Waals surface area contributed by atoms with Crippen LogP contribution in [0.4, 0.5) is 11.6 Å². The third-order valence-corrected chi connectivity index (χ3v) is 3.84. The first-order valence-corrected chi connectivity index (χ1v) is 7.77. The van der Waals surface area contributed by atoms with Crippen molar-refractivity contribution in [3.8, 4) is 0 Å². The fourth-order valence-electron chi connectivity index (χ4n) is 2.73. The average molecular weight is 296 g/mol. The van der Waals surface area contributed by atoms with Crippen LogP contribution in [0.2, 0.25) is 0 Å². The summed E-state index contributed by atoms with van der Waals surface area (Å²) in [4.78, 5) is 23.4. The van der Waals surface area contributed by atoms with Gasteiger partial charge >= 0.3 is 0 Å². The van der Waals surface area contributed by atoms with Crippen molar-refractivity contribution in [2.45, 2.75) is 25.7 Å². The summed E-state index contributed by atoms with van der Waals surface area (Å²) in [6.07, 6.45) is 8.21. The average Bonchev–Trinajstić information content (AvgIpc) is 2.85. The molecule has 0 saturated carbocycles. The highest BCUT2D eigenvalue weighted by atomic mass is 16.1. The van der Waals surface area contributed by atoms with Crippen molar-refractivity contribution in [1.82, 2.24) is 9.97 Å². The predicted octanol–water partition coefficient (Wildman–Crippen LogP) is 3.11. The third kappa shape index (κ3) is 3.42. The van der Waals surface area contributed by atoms with Crippen molar-refractivity contribution in [3.63, 3.8) is 0 Å². The second kappa shape index (κ2) is 7.02. The maximum Gasteiger partial charge on any atom is 0.260 e. The minimum absolute atomic E-state index is 0.161. The Kier molecular flexibility index (Phi) is 4.63. The number of nitrogens with zero attached hydrogens (tertiary/aromatic N) is 3. The van der Waals surface area contributed by atoms with Crippen LogP contribution >= 0.6 is 0 Å². The lowest BCUT2D eigenvalue weighted by atomic mass is 10.2. The van der Waals surface area contributed by atoms with E-state index in [0.717, 1.165) is 31.7 Å². The number of carbonyl (C=O) groups is 1. The van der Waals surface area contributed by atoms with E-state index in [0.29, 0.717) is 11.4 Å². The van der Waals surface area contributed by atoms with Gasteiger partial charge in [0.15, 0.2) is 0 Å². The van der Waals surface area contributed by atoms with E-state index >= 15 is 0 Å². The van der Waals surface area contributed by atoms with Gasteiger partial charge in [0.05, 0.1) is 5.56 Å². The van der Waals surface area contributed by atoms with Crippen LogP contribution in [0.1, 0.15) is 36.0 Å². The first-order chi connectivity index (χ1) is 10.8. The van der Waals surface area contributed by atoms with Gasteiger partial charge in [0.2, 0.25) is 0 Å². The first-order valence-electron chi connectivity index (χ1n) is 7.77. The number of pyridine rings is 2. The summed E-state index contributed by atoms with van der Waals surface area (Å²) in [7, 11) is 0. The second-order valence-corrected chi connectivity index (χ2v) is 5.44. The molecule has 1 amide bonds. The fourth-order valence-corrected chi connectivity index (χ4v) is 2.73. The standard InChI is InChI=1S/C17H20N4O/c22-17(20-15-9-3-4-10-18-15)14-8-7-11-19-16(14)21-12-5-1-2-6-13-21/h3-4,7-11H,1-2,5-6,12-13H2,(H,18,20,22). The van der Waals surface area contributed by atoms with Crippen LogP contribution in [0, 0.1) is 0 Å². The molecule has 2 aromatic rings. The summed E-state index contributed by atoms with van der Waals surface area (Å²) in [5.41, 5.74) is 0.607. The number of hydrogen-bond donors (Lipinski definition) is 1. The molecule has 0 radical (unpaired) electrons. The van der Waals surface area contributed by atoms with Gasteiger partial charge in [-0.15, -0.1) is 0 Å². The molecule has 0 spiro atoms. The van der Waals surface area contributed by atoms with E-state index < -0.39 is 0 Å². The van der Waals surface area contributed by atoms with Crippen molar-refractivity contribution >= 4 is 17.5 Å². The molecule has 3 rings (SSSR count). The first kappa shape index (κ1) is 14.5. The minimum Gasteiger partial charge on any atom is -0.356 e. The highest BCUT2D eigenvalue weighted by molar-refractivity contribution is 6.07. The normalized spacial score (nSPS) is 15.2. The van der Waals surface area contributed by atoms with Gasteiger partial charge < -0.3 is 10.2 Å². The quantitative estimate of drug-likeness (QED) is 0.945. The topological polar surface area (TPSA) is 58.1 Å². The Morgan fingerprint density at radius 1 is 0.955 bits per heavy atom. The molecule has 0 unspecified atom stereocenters. The second-order valence-electron chi connectivity index (χ2n) is 5.44. The Labute approximate surface area is 130 Å². The minimum atomic E-state index is -0.161. The van der Waals surface area contributed by atoms with E-state index in [1.807, 2.05) is 18.2 Å². The van der Waals surface area contributed by atoms with E-state index in [9.17, 15) is 4.79 Å². The SMILES string of the molecule is O=C(Nc1ccccn1)c1cccnc1N1CCCCCC1. The van der Waals surface area contributed by atoms with Crippen molar-refractivity contribution < 1.29 is 4.79 Å². The van der Waals surface area contributed by atoms with Crippen LogP contribution < -0.4 is 10.2 Å². The van der Waals surface area contributed by atoms with Gasteiger partial charge in [-0.1, -0.05) is 18.9 Å². The molecule has 0 aromatic carbocycles. The van der Waals surface area contributed by atoms with Gasteiger partial charge in [0.25, 0.3) is 5.91 Å². The molecule has 1 fully saturated rings. The Bertz CT molecular complexity index is 622. The molecule has 22 heavy (non-hydrogen) atoms. The molecule has 5 heteroatoms. The van der Waals surface area contributed by atoms with Crippen LogP contribution in [-0.4, -0.2) is 29.0 Å². The highest BCUT2D eigenvalue weighted by Crippen LogP contribution is 2.22. The lowest BCUT2D eigenvalue weighted by Gasteiger charge is -2.23. The molecule has 1 aliphatic rings. The van der Waals surface area contributed by atoms with Crippen LogP contribution in [0.15, 0.2) is 42.7 Å². The molecule has 114 valence electrons. The summed E-state index contributed by atoms with van der Waals surface area (Å²) >= 11 is 0. The molecular formula is C17H20N4O. The maximum atomic E-state index is 12.5. The molecule has 1 aliphatic heterocycles. The maximum absolute atomic E-state index is 12.5. The summed E-state index contributed by atoms with van der Waals surface area (Å²) in [5.74, 6) is 1.17. The van der Waals surface area contributed by atoms with E-state index in [1.165, 1.54) is 12.8 Å². The third-order valence-electron chi connectivity index (χ3n) is 3.84. The van der Waals surface area contributed by atoms with Gasteiger partial charge in [-0.05, 0) is 37.1 Å². The molecule has 3 heterocycles. The van der Waals surface area contributed by atoms with Gasteiger partial charge in [0, 0.05) is 25.5 Å². The Morgan fingerprint density at radius 2 is 1.73 bits per heavy atom. The molecule has 5 nitrogen and oxygen atoms in total. The Hall–Kier alpha value is -2.43. The van der Waals surface area contributed by atoms with E-state index in [2.05, 4.69) is 20.2 Å². The zero-order chi connectivity index (χ0) is 15.2. The molecule has 1 saturated heterocycles. The van der Waals surface area contributed by atoms with Crippen molar-refractivity contribution in [1.29, 1.82) is 0 Å².